The zero-order chi connectivity index (χ0) is 11.7. The van der Waals surface area contributed by atoms with Crippen LogP contribution in [0.4, 0.5) is 0 Å². The van der Waals surface area contributed by atoms with Gasteiger partial charge in [-0.25, -0.2) is 0 Å². The molecule has 2 aliphatic rings. The summed E-state index contributed by atoms with van der Waals surface area (Å²) >= 11 is 3.44. The van der Waals surface area contributed by atoms with Crippen LogP contribution < -0.4 is 0 Å². The highest BCUT2D eigenvalue weighted by Crippen LogP contribution is 2.40. The Balaban J connectivity index is 1.36. The van der Waals surface area contributed by atoms with E-state index in [-0.39, 0.29) is 0 Å². The summed E-state index contributed by atoms with van der Waals surface area (Å²) in [5.41, 5.74) is 1.38. The predicted molar refractivity (Wildman–Crippen MR) is 70.1 cm³/mol. The van der Waals surface area contributed by atoms with E-state index in [0.29, 0.717) is 18.3 Å². The van der Waals surface area contributed by atoms with Gasteiger partial charge in [-0.2, -0.15) is 0 Å². The fraction of sp³-hybridized carbons (Fsp3) is 0.571. The number of ether oxygens (including phenoxy) is 2. The second-order valence-corrected chi connectivity index (χ2v) is 5.77. The highest BCUT2D eigenvalue weighted by atomic mass is 79.9. The number of hydrogen-bond donors (Lipinski definition) is 0. The first-order valence-corrected chi connectivity index (χ1v) is 7.14. The van der Waals surface area contributed by atoms with E-state index in [1.807, 2.05) is 0 Å². The molecule has 0 aromatic heterocycles. The van der Waals surface area contributed by atoms with Crippen LogP contribution in [0.3, 0.4) is 0 Å². The SMILES string of the molecule is Brc1ccc(CCCO[C@@H]2CC[C@H]3O[C@@H]23)cc1. The van der Waals surface area contributed by atoms with Crippen LogP contribution in [0.25, 0.3) is 0 Å². The molecule has 1 aliphatic heterocycles. The largest absolute Gasteiger partial charge is 0.375 e. The minimum absolute atomic E-state index is 0.380. The first-order valence-electron chi connectivity index (χ1n) is 6.34. The number of hydrogen-bond acceptors (Lipinski definition) is 2. The Kier molecular flexibility index (Phi) is 3.50. The molecule has 2 fully saturated rings. The Morgan fingerprint density at radius 1 is 1.24 bits per heavy atom. The number of epoxide rings is 1. The van der Waals surface area contributed by atoms with Crippen LogP contribution >= 0.6 is 15.9 Å². The highest BCUT2D eigenvalue weighted by molar-refractivity contribution is 9.10. The molecule has 1 saturated heterocycles. The van der Waals surface area contributed by atoms with Gasteiger partial charge in [-0.1, -0.05) is 28.1 Å². The molecule has 0 spiro atoms. The monoisotopic (exact) mass is 296 g/mol. The molecule has 1 aromatic rings. The molecule has 2 nitrogen and oxygen atoms in total. The van der Waals surface area contributed by atoms with Crippen molar-refractivity contribution in [2.24, 2.45) is 0 Å². The molecule has 3 atom stereocenters. The summed E-state index contributed by atoms with van der Waals surface area (Å²) < 4.78 is 12.5. The maximum atomic E-state index is 5.87. The van der Waals surface area contributed by atoms with Crippen molar-refractivity contribution in [3.63, 3.8) is 0 Å². The molecule has 0 unspecified atom stereocenters. The fourth-order valence-corrected chi connectivity index (χ4v) is 2.81. The average molecular weight is 297 g/mol. The van der Waals surface area contributed by atoms with Crippen molar-refractivity contribution in [1.29, 1.82) is 0 Å². The number of benzene rings is 1. The Labute approximate surface area is 110 Å². The molecule has 1 aromatic carbocycles. The van der Waals surface area contributed by atoms with Gasteiger partial charge in [-0.05, 0) is 43.4 Å². The van der Waals surface area contributed by atoms with Gasteiger partial charge in [-0.3, -0.25) is 0 Å². The van der Waals surface area contributed by atoms with E-state index < -0.39 is 0 Å². The maximum Gasteiger partial charge on any atom is 0.110 e. The van der Waals surface area contributed by atoms with Crippen molar-refractivity contribution < 1.29 is 9.47 Å². The second kappa shape index (κ2) is 5.09. The van der Waals surface area contributed by atoms with E-state index >= 15 is 0 Å². The summed E-state index contributed by atoms with van der Waals surface area (Å²) in [6, 6.07) is 8.52. The van der Waals surface area contributed by atoms with E-state index in [0.717, 1.165) is 23.9 Å². The lowest BCUT2D eigenvalue weighted by atomic mass is 10.1. The third-order valence-electron chi connectivity index (χ3n) is 3.58. The zero-order valence-electron chi connectivity index (χ0n) is 9.77. The average Bonchev–Trinajstić information content (AvgIpc) is 3.02. The van der Waals surface area contributed by atoms with Crippen molar-refractivity contribution in [1.82, 2.24) is 0 Å². The molecule has 0 N–H and O–H groups in total. The van der Waals surface area contributed by atoms with E-state index in [1.165, 1.54) is 18.4 Å². The number of rotatable bonds is 5. The third-order valence-corrected chi connectivity index (χ3v) is 4.11. The van der Waals surface area contributed by atoms with E-state index in [2.05, 4.69) is 40.2 Å². The molecule has 0 amide bonds. The summed E-state index contributed by atoms with van der Waals surface area (Å²) in [5, 5.41) is 0. The van der Waals surface area contributed by atoms with Gasteiger partial charge in [0.2, 0.25) is 0 Å². The first kappa shape index (κ1) is 11.7. The smallest absolute Gasteiger partial charge is 0.110 e. The molecule has 1 heterocycles. The van der Waals surface area contributed by atoms with Crippen molar-refractivity contribution in [2.75, 3.05) is 6.61 Å². The quantitative estimate of drug-likeness (QED) is 0.614. The van der Waals surface area contributed by atoms with Crippen molar-refractivity contribution in [3.05, 3.63) is 34.3 Å². The van der Waals surface area contributed by atoms with Gasteiger partial charge in [0, 0.05) is 11.1 Å². The minimum atomic E-state index is 0.380. The first-order chi connectivity index (χ1) is 8.33. The molecule has 92 valence electrons. The van der Waals surface area contributed by atoms with Crippen LogP contribution in [-0.4, -0.2) is 24.9 Å². The predicted octanol–water partition coefficient (Wildman–Crippen LogP) is 3.33. The lowest BCUT2D eigenvalue weighted by Crippen LogP contribution is -2.17. The third kappa shape index (κ3) is 2.90. The topological polar surface area (TPSA) is 21.8 Å². The van der Waals surface area contributed by atoms with Crippen LogP contribution in [0, 0.1) is 0 Å². The van der Waals surface area contributed by atoms with Crippen LogP contribution in [-0.2, 0) is 15.9 Å². The highest BCUT2D eigenvalue weighted by Gasteiger charge is 2.50. The molecular formula is C14H17BrO2. The Bertz CT molecular complexity index is 376. The molecule has 17 heavy (non-hydrogen) atoms. The molecule has 0 bridgehead atoms. The van der Waals surface area contributed by atoms with Gasteiger partial charge < -0.3 is 9.47 Å². The lowest BCUT2D eigenvalue weighted by molar-refractivity contribution is 0.0260. The maximum absolute atomic E-state index is 5.87. The van der Waals surface area contributed by atoms with Gasteiger partial charge >= 0.3 is 0 Å². The standard InChI is InChI=1S/C14H17BrO2/c15-11-5-3-10(4-6-11)2-1-9-16-12-7-8-13-14(12)17-13/h3-6,12-14H,1-2,7-9H2/t12-,13-,14+/m1/s1. The van der Waals surface area contributed by atoms with Crippen LogP contribution in [0.15, 0.2) is 28.7 Å². The van der Waals surface area contributed by atoms with E-state index in [9.17, 15) is 0 Å². The summed E-state index contributed by atoms with van der Waals surface area (Å²) in [6.45, 7) is 0.854. The van der Waals surface area contributed by atoms with Crippen molar-refractivity contribution in [2.45, 2.75) is 44.0 Å². The van der Waals surface area contributed by atoms with Crippen LogP contribution in [0.5, 0.6) is 0 Å². The second-order valence-electron chi connectivity index (χ2n) is 4.86. The van der Waals surface area contributed by atoms with E-state index in [1.54, 1.807) is 0 Å². The Morgan fingerprint density at radius 3 is 2.71 bits per heavy atom. The van der Waals surface area contributed by atoms with Gasteiger partial charge in [0.05, 0.1) is 12.2 Å². The summed E-state index contributed by atoms with van der Waals surface area (Å²) in [4.78, 5) is 0. The molecule has 3 rings (SSSR count). The summed E-state index contributed by atoms with van der Waals surface area (Å²) in [7, 11) is 0. The fourth-order valence-electron chi connectivity index (χ4n) is 2.55. The van der Waals surface area contributed by atoms with Gasteiger partial charge in [0.1, 0.15) is 6.10 Å². The summed E-state index contributed by atoms with van der Waals surface area (Å²) in [6.07, 6.45) is 5.92. The number of halogens is 1. The van der Waals surface area contributed by atoms with E-state index in [4.69, 9.17) is 9.47 Å². The van der Waals surface area contributed by atoms with Gasteiger partial charge in [0.25, 0.3) is 0 Å². The van der Waals surface area contributed by atoms with Crippen LogP contribution in [0.1, 0.15) is 24.8 Å². The minimum Gasteiger partial charge on any atom is -0.375 e. The lowest BCUT2D eigenvalue weighted by Gasteiger charge is -2.12. The van der Waals surface area contributed by atoms with Crippen LogP contribution in [0.2, 0.25) is 0 Å². The molecule has 1 saturated carbocycles. The van der Waals surface area contributed by atoms with Gasteiger partial charge in [0.15, 0.2) is 0 Å². The molecule has 3 heteroatoms. The molecular weight excluding hydrogens is 280 g/mol. The normalized spacial score (nSPS) is 30.3. The zero-order valence-corrected chi connectivity index (χ0v) is 11.4. The Morgan fingerprint density at radius 2 is 2.06 bits per heavy atom. The summed E-state index contributed by atoms with van der Waals surface area (Å²) in [5.74, 6) is 0. The molecule has 1 aliphatic carbocycles. The number of fused-ring (bicyclic) bond motifs is 1. The number of aryl methyl sites for hydroxylation is 1. The van der Waals surface area contributed by atoms with Crippen molar-refractivity contribution >= 4 is 15.9 Å². The van der Waals surface area contributed by atoms with Crippen molar-refractivity contribution in [3.8, 4) is 0 Å². The molecule has 0 radical (unpaired) electrons. The van der Waals surface area contributed by atoms with Gasteiger partial charge in [-0.15, -0.1) is 0 Å². The Hall–Kier alpha value is -0.380.